The zero-order valence-electron chi connectivity index (χ0n) is 11.7. The van der Waals surface area contributed by atoms with Gasteiger partial charge >= 0.3 is 0 Å². The number of phenolic OH excluding ortho intramolecular Hbond substituents is 1. The summed E-state index contributed by atoms with van der Waals surface area (Å²) in [6, 6.07) is 8.60. The maximum Gasteiger partial charge on any atom is 0.227 e. The summed E-state index contributed by atoms with van der Waals surface area (Å²) in [5.74, 6) is 0.729. The molecule has 1 aromatic carbocycles. The Bertz CT molecular complexity index is 748. The van der Waals surface area contributed by atoms with E-state index < -0.39 is 0 Å². The quantitative estimate of drug-likeness (QED) is 0.722. The first-order valence-corrected chi connectivity index (χ1v) is 7.27. The second-order valence-electron chi connectivity index (χ2n) is 4.60. The molecule has 6 heteroatoms. The molecule has 2 aromatic heterocycles. The molecule has 0 saturated heterocycles. The number of anilines is 2. The minimum Gasteiger partial charge on any atom is -0.508 e. The lowest BCUT2D eigenvalue weighted by Gasteiger charge is -2.05. The summed E-state index contributed by atoms with van der Waals surface area (Å²) >= 11 is 1.62. The number of hydrogen-bond donors (Lipinski definition) is 2. The topological polar surface area (TPSA) is 70.9 Å². The summed E-state index contributed by atoms with van der Waals surface area (Å²) in [5.41, 5.74) is 2.64. The molecule has 2 heterocycles. The van der Waals surface area contributed by atoms with Gasteiger partial charge in [0.25, 0.3) is 0 Å². The fourth-order valence-electron chi connectivity index (χ4n) is 1.79. The number of aromatic hydroxyl groups is 1. The fourth-order valence-corrected chi connectivity index (χ4v) is 2.68. The van der Waals surface area contributed by atoms with Crippen LogP contribution in [0.4, 0.5) is 11.6 Å². The standard InChI is InChI=1S/C15H14N4OS/c1-9-10(2)21-14(17-9)13-7-8-16-15(19-13)18-11-3-5-12(20)6-4-11/h3-8,20H,1-2H3,(H,16,18,19). The van der Waals surface area contributed by atoms with Gasteiger partial charge in [-0.2, -0.15) is 0 Å². The van der Waals surface area contributed by atoms with E-state index in [-0.39, 0.29) is 5.75 Å². The van der Waals surface area contributed by atoms with Crippen molar-refractivity contribution in [1.29, 1.82) is 0 Å². The van der Waals surface area contributed by atoms with E-state index in [0.29, 0.717) is 5.95 Å². The van der Waals surface area contributed by atoms with Crippen molar-refractivity contribution in [3.8, 4) is 16.5 Å². The van der Waals surface area contributed by atoms with Gasteiger partial charge in [0.15, 0.2) is 0 Å². The minimum atomic E-state index is 0.226. The number of nitrogens with one attached hydrogen (secondary N) is 1. The van der Waals surface area contributed by atoms with Crippen LogP contribution in [0.3, 0.4) is 0 Å². The third kappa shape index (κ3) is 3.00. The van der Waals surface area contributed by atoms with Gasteiger partial charge in [0.2, 0.25) is 5.95 Å². The van der Waals surface area contributed by atoms with Crippen LogP contribution in [-0.2, 0) is 0 Å². The summed E-state index contributed by atoms with van der Waals surface area (Å²) in [4.78, 5) is 14.4. The minimum absolute atomic E-state index is 0.226. The van der Waals surface area contributed by atoms with Crippen LogP contribution >= 0.6 is 11.3 Å². The van der Waals surface area contributed by atoms with Crippen molar-refractivity contribution in [2.45, 2.75) is 13.8 Å². The molecule has 0 spiro atoms. The molecule has 0 aliphatic heterocycles. The van der Waals surface area contributed by atoms with Gasteiger partial charge < -0.3 is 10.4 Å². The van der Waals surface area contributed by atoms with Crippen molar-refractivity contribution in [3.05, 3.63) is 47.1 Å². The Hall–Kier alpha value is -2.47. The van der Waals surface area contributed by atoms with Crippen molar-refractivity contribution in [1.82, 2.24) is 15.0 Å². The van der Waals surface area contributed by atoms with Crippen molar-refractivity contribution >= 4 is 23.0 Å². The van der Waals surface area contributed by atoms with Crippen molar-refractivity contribution < 1.29 is 5.11 Å². The summed E-state index contributed by atoms with van der Waals surface area (Å²) in [5, 5.41) is 13.3. The second kappa shape index (κ2) is 5.49. The zero-order valence-corrected chi connectivity index (χ0v) is 12.5. The van der Waals surface area contributed by atoms with Gasteiger partial charge in [-0.05, 0) is 44.2 Å². The molecule has 0 fully saturated rings. The van der Waals surface area contributed by atoms with Crippen LogP contribution in [0.5, 0.6) is 5.75 Å². The van der Waals surface area contributed by atoms with Crippen molar-refractivity contribution in [2.24, 2.45) is 0 Å². The van der Waals surface area contributed by atoms with E-state index in [1.54, 1.807) is 41.8 Å². The van der Waals surface area contributed by atoms with Gasteiger partial charge in [-0.3, -0.25) is 0 Å². The predicted molar refractivity (Wildman–Crippen MR) is 84.0 cm³/mol. The smallest absolute Gasteiger partial charge is 0.227 e. The van der Waals surface area contributed by atoms with Crippen LogP contribution in [0, 0.1) is 13.8 Å². The molecular formula is C15H14N4OS. The van der Waals surface area contributed by atoms with Gasteiger partial charge in [0.05, 0.1) is 5.69 Å². The Morgan fingerprint density at radius 3 is 2.48 bits per heavy atom. The summed E-state index contributed by atoms with van der Waals surface area (Å²) in [7, 11) is 0. The van der Waals surface area contributed by atoms with Gasteiger partial charge in [0, 0.05) is 16.8 Å². The molecule has 0 unspecified atom stereocenters. The molecule has 0 saturated carbocycles. The first kappa shape index (κ1) is 13.5. The van der Waals surface area contributed by atoms with Crippen LogP contribution in [-0.4, -0.2) is 20.1 Å². The third-order valence-electron chi connectivity index (χ3n) is 3.03. The highest BCUT2D eigenvalue weighted by atomic mass is 32.1. The Morgan fingerprint density at radius 2 is 1.81 bits per heavy atom. The van der Waals surface area contributed by atoms with E-state index >= 15 is 0 Å². The predicted octanol–water partition coefficient (Wildman–Crippen LogP) is 3.67. The fraction of sp³-hybridized carbons (Fsp3) is 0.133. The molecule has 0 aliphatic rings. The third-order valence-corrected chi connectivity index (χ3v) is 4.12. The first-order chi connectivity index (χ1) is 10.1. The number of hydrogen-bond acceptors (Lipinski definition) is 6. The van der Waals surface area contributed by atoms with E-state index in [9.17, 15) is 5.11 Å². The van der Waals surface area contributed by atoms with E-state index in [0.717, 1.165) is 22.1 Å². The first-order valence-electron chi connectivity index (χ1n) is 6.45. The summed E-state index contributed by atoms with van der Waals surface area (Å²) < 4.78 is 0. The second-order valence-corrected chi connectivity index (χ2v) is 5.80. The average Bonchev–Trinajstić information content (AvgIpc) is 2.82. The van der Waals surface area contributed by atoms with Crippen LogP contribution in [0.25, 0.3) is 10.7 Å². The summed E-state index contributed by atoms with van der Waals surface area (Å²) in [6.45, 7) is 4.04. The molecule has 0 amide bonds. The number of phenols is 1. The van der Waals surface area contributed by atoms with E-state index in [4.69, 9.17) is 0 Å². The van der Waals surface area contributed by atoms with Gasteiger partial charge in [0.1, 0.15) is 16.5 Å². The molecule has 3 rings (SSSR count). The molecule has 3 aromatic rings. The zero-order chi connectivity index (χ0) is 14.8. The van der Waals surface area contributed by atoms with Gasteiger partial charge in [-0.25, -0.2) is 15.0 Å². The lowest BCUT2D eigenvalue weighted by molar-refractivity contribution is 0.475. The van der Waals surface area contributed by atoms with Gasteiger partial charge in [-0.15, -0.1) is 11.3 Å². The molecule has 0 atom stereocenters. The lowest BCUT2D eigenvalue weighted by atomic mass is 10.3. The normalized spacial score (nSPS) is 10.6. The Morgan fingerprint density at radius 1 is 1.05 bits per heavy atom. The van der Waals surface area contributed by atoms with Gasteiger partial charge in [-0.1, -0.05) is 0 Å². The highest BCUT2D eigenvalue weighted by Gasteiger charge is 2.09. The lowest BCUT2D eigenvalue weighted by Crippen LogP contribution is -1.97. The van der Waals surface area contributed by atoms with E-state index in [1.807, 2.05) is 19.9 Å². The molecular weight excluding hydrogens is 284 g/mol. The molecule has 21 heavy (non-hydrogen) atoms. The maximum absolute atomic E-state index is 9.28. The highest BCUT2D eigenvalue weighted by molar-refractivity contribution is 7.15. The number of thiazole rings is 1. The van der Waals surface area contributed by atoms with E-state index in [2.05, 4.69) is 20.3 Å². The highest BCUT2D eigenvalue weighted by Crippen LogP contribution is 2.26. The number of aromatic nitrogens is 3. The van der Waals surface area contributed by atoms with Crippen LogP contribution in [0.15, 0.2) is 36.5 Å². The molecule has 0 aliphatic carbocycles. The Balaban J connectivity index is 1.87. The average molecular weight is 298 g/mol. The van der Waals surface area contributed by atoms with Crippen molar-refractivity contribution in [3.63, 3.8) is 0 Å². The number of benzene rings is 1. The molecule has 0 bridgehead atoms. The molecule has 5 nitrogen and oxygen atoms in total. The van der Waals surface area contributed by atoms with Crippen LogP contribution in [0.1, 0.15) is 10.6 Å². The number of nitrogens with zero attached hydrogens (tertiary/aromatic N) is 3. The Labute approximate surface area is 126 Å². The largest absolute Gasteiger partial charge is 0.508 e. The maximum atomic E-state index is 9.28. The molecule has 2 N–H and O–H groups in total. The Kier molecular flexibility index (Phi) is 3.53. The SMILES string of the molecule is Cc1nc(-c2ccnc(Nc3ccc(O)cc3)n2)sc1C. The molecule has 0 radical (unpaired) electrons. The van der Waals surface area contributed by atoms with Crippen LogP contribution < -0.4 is 5.32 Å². The van der Waals surface area contributed by atoms with E-state index in [1.165, 1.54) is 4.88 Å². The van der Waals surface area contributed by atoms with Crippen molar-refractivity contribution in [2.75, 3.05) is 5.32 Å². The monoisotopic (exact) mass is 298 g/mol. The number of rotatable bonds is 3. The van der Waals surface area contributed by atoms with Crippen LogP contribution in [0.2, 0.25) is 0 Å². The molecule has 106 valence electrons. The summed E-state index contributed by atoms with van der Waals surface area (Å²) in [6.07, 6.45) is 1.71. The number of aryl methyl sites for hydroxylation is 2.